The van der Waals surface area contributed by atoms with Crippen LogP contribution in [-0.4, -0.2) is 15.9 Å². The van der Waals surface area contributed by atoms with Crippen molar-refractivity contribution in [1.29, 1.82) is 0 Å². The van der Waals surface area contributed by atoms with E-state index < -0.39 is 5.76 Å². The van der Waals surface area contributed by atoms with Gasteiger partial charge in [-0.05, 0) is 5.75 Å². The first kappa shape index (κ1) is 7.40. The first-order valence-corrected chi connectivity index (χ1v) is 3.54. The Labute approximate surface area is 63.0 Å². The molecule has 10 heavy (non-hydrogen) atoms. The number of thiol groups is 1. The lowest BCUT2D eigenvalue weighted by Crippen LogP contribution is -2.01. The summed E-state index contributed by atoms with van der Waals surface area (Å²) in [6, 6.07) is 0. The molecule has 1 N–H and O–H groups in total. The predicted octanol–water partition coefficient (Wildman–Crippen LogP) is 0.396. The van der Waals surface area contributed by atoms with E-state index in [1.807, 2.05) is 6.92 Å². The Balaban J connectivity index is 2.84. The summed E-state index contributed by atoms with van der Waals surface area (Å²) in [5.74, 6) is 0.820. The summed E-state index contributed by atoms with van der Waals surface area (Å²) >= 11 is 4.03. The van der Waals surface area contributed by atoms with Crippen LogP contribution < -0.4 is 5.76 Å². The van der Waals surface area contributed by atoms with Gasteiger partial charge in [0.05, 0.1) is 0 Å². The third-order valence-electron chi connectivity index (χ3n) is 1.20. The van der Waals surface area contributed by atoms with Crippen LogP contribution in [-0.2, 0) is 0 Å². The fourth-order valence-corrected chi connectivity index (χ4v) is 0.713. The van der Waals surface area contributed by atoms with Crippen molar-refractivity contribution in [2.45, 2.75) is 12.8 Å². The van der Waals surface area contributed by atoms with E-state index >= 15 is 0 Å². The van der Waals surface area contributed by atoms with Crippen molar-refractivity contribution in [3.8, 4) is 0 Å². The second-order valence-electron chi connectivity index (χ2n) is 2.06. The first-order valence-electron chi connectivity index (χ1n) is 2.90. The van der Waals surface area contributed by atoms with Crippen LogP contribution in [0.15, 0.2) is 9.32 Å². The zero-order chi connectivity index (χ0) is 7.56. The normalized spacial score (nSPS) is 13.4. The van der Waals surface area contributed by atoms with Gasteiger partial charge < -0.3 is 0 Å². The molecule has 1 aromatic rings. The largest absolute Gasteiger partial charge is 0.438 e. The molecule has 0 saturated heterocycles. The number of hydrogen-bond acceptors (Lipinski definition) is 4. The van der Waals surface area contributed by atoms with Gasteiger partial charge in [0.1, 0.15) is 0 Å². The molecule has 0 aromatic carbocycles. The Morgan fingerprint density at radius 1 is 1.90 bits per heavy atom. The summed E-state index contributed by atoms with van der Waals surface area (Å²) in [4.78, 5) is 12.8. The zero-order valence-corrected chi connectivity index (χ0v) is 6.39. The molecule has 0 aliphatic heterocycles. The van der Waals surface area contributed by atoms with Crippen LogP contribution in [0.4, 0.5) is 0 Å². The fraction of sp³-hybridized carbons (Fsp3) is 0.600. The highest BCUT2D eigenvalue weighted by atomic mass is 32.1. The third kappa shape index (κ3) is 1.41. The molecule has 0 bridgehead atoms. The lowest BCUT2D eigenvalue weighted by atomic mass is 10.2. The Kier molecular flexibility index (Phi) is 2.16. The van der Waals surface area contributed by atoms with E-state index in [4.69, 9.17) is 0 Å². The molecule has 0 spiro atoms. The average molecular weight is 160 g/mol. The number of H-pyrrole nitrogens is 1. The number of rotatable bonds is 2. The highest BCUT2D eigenvalue weighted by molar-refractivity contribution is 7.80. The number of hydrogen-bond donors (Lipinski definition) is 2. The topological polar surface area (TPSA) is 58.9 Å². The maximum atomic E-state index is 10.4. The van der Waals surface area contributed by atoms with Crippen LogP contribution in [0.3, 0.4) is 0 Å². The molecule has 0 aliphatic rings. The van der Waals surface area contributed by atoms with Crippen LogP contribution in [0.5, 0.6) is 0 Å². The van der Waals surface area contributed by atoms with Gasteiger partial charge in [0.2, 0.25) is 0 Å². The number of nitrogens with zero attached hydrogens (tertiary/aromatic N) is 1. The summed E-state index contributed by atoms with van der Waals surface area (Å²) in [5, 5.41) is 3.49. The van der Waals surface area contributed by atoms with Gasteiger partial charge in [-0.2, -0.15) is 12.6 Å². The minimum Gasteiger partial charge on any atom is -0.296 e. The van der Waals surface area contributed by atoms with Gasteiger partial charge in [-0.1, -0.05) is 12.1 Å². The van der Waals surface area contributed by atoms with Crippen LogP contribution >= 0.6 is 12.6 Å². The van der Waals surface area contributed by atoms with E-state index in [-0.39, 0.29) is 5.92 Å². The van der Waals surface area contributed by atoms with Crippen LogP contribution in [0.2, 0.25) is 0 Å². The van der Waals surface area contributed by atoms with E-state index in [0.717, 1.165) is 0 Å². The van der Waals surface area contributed by atoms with Crippen molar-refractivity contribution in [2.24, 2.45) is 0 Å². The lowest BCUT2D eigenvalue weighted by molar-refractivity contribution is 0.379. The van der Waals surface area contributed by atoms with E-state index in [1.54, 1.807) is 0 Å². The average Bonchev–Trinajstić information content (AvgIpc) is 2.34. The van der Waals surface area contributed by atoms with Crippen LogP contribution in [0.25, 0.3) is 0 Å². The molecule has 1 rings (SSSR count). The maximum Gasteiger partial charge on any atom is 0.438 e. The van der Waals surface area contributed by atoms with Crippen molar-refractivity contribution in [1.82, 2.24) is 10.1 Å². The standard InChI is InChI=1S/C5H8N2O2S/c1-3(2-10)4-6-5(8)9-7-4/h3,10H,2H2,1H3,(H,6,7,8). The molecule has 0 radical (unpaired) electrons. The Morgan fingerprint density at radius 2 is 2.60 bits per heavy atom. The van der Waals surface area contributed by atoms with Crippen molar-refractivity contribution < 1.29 is 4.52 Å². The number of nitrogens with one attached hydrogen (secondary N) is 1. The smallest absolute Gasteiger partial charge is 0.296 e. The van der Waals surface area contributed by atoms with Gasteiger partial charge in [0, 0.05) is 5.92 Å². The molecule has 0 saturated carbocycles. The SMILES string of the molecule is CC(CS)c1noc(=O)[nH]1. The second kappa shape index (κ2) is 2.92. The molecule has 0 fully saturated rings. The van der Waals surface area contributed by atoms with Crippen molar-refractivity contribution >= 4 is 12.6 Å². The molecule has 1 atom stereocenters. The number of aromatic nitrogens is 2. The van der Waals surface area contributed by atoms with Crippen molar-refractivity contribution in [2.75, 3.05) is 5.75 Å². The molecular weight excluding hydrogens is 152 g/mol. The van der Waals surface area contributed by atoms with E-state index in [2.05, 4.69) is 27.3 Å². The lowest BCUT2D eigenvalue weighted by Gasteiger charge is -1.98. The molecule has 56 valence electrons. The minimum absolute atomic E-state index is 0.134. The Bertz CT molecular complexity index is 254. The summed E-state index contributed by atoms with van der Waals surface area (Å²) in [5.41, 5.74) is 0. The van der Waals surface area contributed by atoms with Crippen LogP contribution in [0.1, 0.15) is 18.7 Å². The van der Waals surface area contributed by atoms with E-state index in [9.17, 15) is 4.79 Å². The van der Waals surface area contributed by atoms with Crippen molar-refractivity contribution in [3.63, 3.8) is 0 Å². The quantitative estimate of drug-likeness (QED) is 0.615. The highest BCUT2D eigenvalue weighted by Gasteiger charge is 2.07. The molecule has 0 amide bonds. The maximum absolute atomic E-state index is 10.4. The molecule has 0 aliphatic carbocycles. The Morgan fingerprint density at radius 3 is 3.00 bits per heavy atom. The summed E-state index contributed by atoms with van der Waals surface area (Å²) in [6.07, 6.45) is 0. The summed E-state index contributed by atoms with van der Waals surface area (Å²) in [7, 11) is 0. The predicted molar refractivity (Wildman–Crippen MR) is 39.4 cm³/mol. The molecule has 1 heterocycles. The third-order valence-corrected chi connectivity index (χ3v) is 1.75. The van der Waals surface area contributed by atoms with Gasteiger partial charge in [0.25, 0.3) is 0 Å². The highest BCUT2D eigenvalue weighted by Crippen LogP contribution is 2.08. The van der Waals surface area contributed by atoms with Crippen LogP contribution in [0, 0.1) is 0 Å². The second-order valence-corrected chi connectivity index (χ2v) is 2.43. The Hall–Kier alpha value is -0.710. The van der Waals surface area contributed by atoms with Crippen molar-refractivity contribution in [3.05, 3.63) is 16.4 Å². The fourth-order valence-electron chi connectivity index (χ4n) is 0.540. The van der Waals surface area contributed by atoms with E-state index in [0.29, 0.717) is 11.6 Å². The van der Waals surface area contributed by atoms with Gasteiger partial charge in [0.15, 0.2) is 5.82 Å². The van der Waals surface area contributed by atoms with Gasteiger partial charge in [-0.3, -0.25) is 9.51 Å². The number of aromatic amines is 1. The zero-order valence-electron chi connectivity index (χ0n) is 5.50. The first-order chi connectivity index (χ1) is 4.74. The van der Waals surface area contributed by atoms with E-state index in [1.165, 1.54) is 0 Å². The molecule has 4 nitrogen and oxygen atoms in total. The molecular formula is C5H8N2O2S. The van der Waals surface area contributed by atoms with Gasteiger partial charge in [-0.15, -0.1) is 0 Å². The minimum atomic E-state index is -0.511. The molecule has 1 unspecified atom stereocenters. The molecule has 1 aromatic heterocycles. The summed E-state index contributed by atoms with van der Waals surface area (Å²) in [6.45, 7) is 1.90. The monoisotopic (exact) mass is 160 g/mol. The summed E-state index contributed by atoms with van der Waals surface area (Å²) < 4.78 is 4.29. The molecule has 5 heteroatoms. The van der Waals surface area contributed by atoms with Gasteiger partial charge >= 0.3 is 5.76 Å². The van der Waals surface area contributed by atoms with Gasteiger partial charge in [-0.25, -0.2) is 4.79 Å².